The number of halogens is 2. The second-order valence-electron chi connectivity index (χ2n) is 2.50. The van der Waals surface area contributed by atoms with Gasteiger partial charge in [0.1, 0.15) is 0 Å². The zero-order chi connectivity index (χ0) is 8.81. The maximum absolute atomic E-state index is 3.43. The lowest BCUT2D eigenvalue weighted by molar-refractivity contribution is 0.734. The van der Waals surface area contributed by atoms with Crippen LogP contribution in [0.1, 0.15) is 5.56 Å². The van der Waals surface area contributed by atoms with E-state index in [9.17, 15) is 0 Å². The maximum atomic E-state index is 3.43. The van der Waals surface area contributed by atoms with E-state index in [0.717, 1.165) is 22.9 Å². The van der Waals surface area contributed by atoms with Crippen LogP contribution in [0.5, 0.6) is 0 Å². The van der Waals surface area contributed by atoms with Crippen molar-refractivity contribution in [2.45, 2.75) is 6.54 Å². The SMILES string of the molecule is BrCCNCc1cccc(Br)c1. The van der Waals surface area contributed by atoms with Gasteiger partial charge in [0, 0.05) is 22.9 Å². The van der Waals surface area contributed by atoms with Crippen LogP contribution in [-0.2, 0) is 6.54 Å². The van der Waals surface area contributed by atoms with Crippen LogP contribution < -0.4 is 5.32 Å². The van der Waals surface area contributed by atoms with Crippen LogP contribution in [-0.4, -0.2) is 11.9 Å². The summed E-state index contributed by atoms with van der Waals surface area (Å²) in [4.78, 5) is 0. The highest BCUT2D eigenvalue weighted by Crippen LogP contribution is 2.10. The van der Waals surface area contributed by atoms with Crippen LogP contribution in [0.25, 0.3) is 0 Å². The van der Waals surface area contributed by atoms with E-state index in [-0.39, 0.29) is 0 Å². The van der Waals surface area contributed by atoms with Crippen molar-refractivity contribution in [2.75, 3.05) is 11.9 Å². The molecule has 0 bridgehead atoms. The minimum absolute atomic E-state index is 0.936. The number of hydrogen-bond donors (Lipinski definition) is 1. The van der Waals surface area contributed by atoms with E-state index in [0.29, 0.717) is 0 Å². The van der Waals surface area contributed by atoms with Crippen LogP contribution in [0.3, 0.4) is 0 Å². The Labute approximate surface area is 89.8 Å². The number of hydrogen-bond acceptors (Lipinski definition) is 1. The number of nitrogens with one attached hydrogen (secondary N) is 1. The van der Waals surface area contributed by atoms with Crippen LogP contribution in [0.15, 0.2) is 28.7 Å². The predicted octanol–water partition coefficient (Wildman–Crippen LogP) is 2.93. The first-order chi connectivity index (χ1) is 5.83. The Balaban J connectivity index is 2.41. The van der Waals surface area contributed by atoms with E-state index in [1.54, 1.807) is 0 Å². The van der Waals surface area contributed by atoms with Crippen molar-refractivity contribution in [3.63, 3.8) is 0 Å². The Morgan fingerprint density at radius 1 is 1.33 bits per heavy atom. The van der Waals surface area contributed by atoms with Gasteiger partial charge in [0.2, 0.25) is 0 Å². The van der Waals surface area contributed by atoms with E-state index in [1.807, 2.05) is 6.07 Å². The summed E-state index contributed by atoms with van der Waals surface area (Å²) in [6, 6.07) is 8.33. The van der Waals surface area contributed by atoms with E-state index in [1.165, 1.54) is 5.56 Å². The molecule has 66 valence electrons. The van der Waals surface area contributed by atoms with E-state index in [4.69, 9.17) is 0 Å². The summed E-state index contributed by atoms with van der Waals surface area (Å²) in [5.74, 6) is 0. The Bertz CT molecular complexity index is 238. The summed E-state index contributed by atoms with van der Waals surface area (Å²) >= 11 is 6.80. The lowest BCUT2D eigenvalue weighted by Gasteiger charge is -2.02. The molecule has 0 atom stereocenters. The van der Waals surface area contributed by atoms with Gasteiger partial charge in [-0.25, -0.2) is 0 Å². The molecule has 0 spiro atoms. The monoisotopic (exact) mass is 291 g/mol. The zero-order valence-electron chi connectivity index (χ0n) is 6.69. The first-order valence-corrected chi connectivity index (χ1v) is 5.75. The Morgan fingerprint density at radius 3 is 2.83 bits per heavy atom. The van der Waals surface area contributed by atoms with Crippen molar-refractivity contribution in [2.24, 2.45) is 0 Å². The van der Waals surface area contributed by atoms with Gasteiger partial charge in [-0.3, -0.25) is 0 Å². The quantitative estimate of drug-likeness (QED) is 0.665. The molecule has 0 saturated carbocycles. The average molecular weight is 293 g/mol. The molecule has 0 amide bonds. The highest BCUT2D eigenvalue weighted by atomic mass is 79.9. The molecule has 1 aromatic rings. The van der Waals surface area contributed by atoms with Gasteiger partial charge in [-0.15, -0.1) is 0 Å². The van der Waals surface area contributed by atoms with Gasteiger partial charge in [0.05, 0.1) is 0 Å². The van der Waals surface area contributed by atoms with Crippen molar-refractivity contribution in [3.05, 3.63) is 34.3 Å². The van der Waals surface area contributed by atoms with Crippen LogP contribution in [0.2, 0.25) is 0 Å². The molecule has 0 aromatic heterocycles. The summed E-state index contributed by atoms with van der Waals surface area (Å²) in [6.07, 6.45) is 0. The lowest BCUT2D eigenvalue weighted by Crippen LogP contribution is -2.15. The van der Waals surface area contributed by atoms with E-state index >= 15 is 0 Å². The van der Waals surface area contributed by atoms with Crippen molar-refractivity contribution in [1.29, 1.82) is 0 Å². The molecule has 0 aliphatic carbocycles. The summed E-state index contributed by atoms with van der Waals surface area (Å²) < 4.78 is 1.14. The Hall–Kier alpha value is 0.140. The second kappa shape index (κ2) is 5.73. The van der Waals surface area contributed by atoms with Crippen LogP contribution >= 0.6 is 31.9 Å². The molecule has 12 heavy (non-hydrogen) atoms. The third-order valence-corrected chi connectivity index (χ3v) is 2.38. The second-order valence-corrected chi connectivity index (χ2v) is 4.20. The van der Waals surface area contributed by atoms with Gasteiger partial charge in [0.25, 0.3) is 0 Å². The molecule has 1 rings (SSSR count). The molecule has 0 aliphatic heterocycles. The fourth-order valence-corrected chi connectivity index (χ4v) is 1.67. The Morgan fingerprint density at radius 2 is 2.17 bits per heavy atom. The molecule has 0 aliphatic rings. The first-order valence-electron chi connectivity index (χ1n) is 3.84. The molecule has 1 aromatic carbocycles. The molecule has 0 saturated heterocycles. The van der Waals surface area contributed by atoms with Crippen LogP contribution in [0.4, 0.5) is 0 Å². The number of alkyl halides is 1. The fourth-order valence-electron chi connectivity index (χ4n) is 0.946. The Kier molecular flexibility index (Phi) is 4.88. The van der Waals surface area contributed by atoms with Crippen LogP contribution in [0, 0.1) is 0 Å². The maximum Gasteiger partial charge on any atom is 0.0206 e. The molecule has 3 heteroatoms. The average Bonchev–Trinajstić information content (AvgIpc) is 2.05. The summed E-state index contributed by atoms with van der Waals surface area (Å²) in [5, 5.41) is 4.31. The highest BCUT2D eigenvalue weighted by molar-refractivity contribution is 9.10. The third kappa shape index (κ3) is 3.70. The standard InChI is InChI=1S/C9H11Br2N/c10-4-5-12-7-8-2-1-3-9(11)6-8/h1-3,6,12H,4-5,7H2. The summed E-state index contributed by atoms with van der Waals surface area (Å²) in [6.45, 7) is 1.94. The van der Waals surface area contributed by atoms with Crippen molar-refractivity contribution in [3.8, 4) is 0 Å². The molecule has 0 heterocycles. The number of rotatable bonds is 4. The lowest BCUT2D eigenvalue weighted by atomic mass is 10.2. The van der Waals surface area contributed by atoms with E-state index < -0.39 is 0 Å². The molecule has 0 fully saturated rings. The molecule has 1 nitrogen and oxygen atoms in total. The van der Waals surface area contributed by atoms with Crippen molar-refractivity contribution < 1.29 is 0 Å². The fraction of sp³-hybridized carbons (Fsp3) is 0.333. The smallest absolute Gasteiger partial charge is 0.0206 e. The molecule has 1 N–H and O–H groups in total. The largest absolute Gasteiger partial charge is 0.312 e. The van der Waals surface area contributed by atoms with Crippen molar-refractivity contribution in [1.82, 2.24) is 5.32 Å². The normalized spacial score (nSPS) is 10.2. The van der Waals surface area contributed by atoms with Gasteiger partial charge < -0.3 is 5.32 Å². The third-order valence-electron chi connectivity index (χ3n) is 1.49. The number of benzene rings is 1. The van der Waals surface area contributed by atoms with E-state index in [2.05, 4.69) is 55.4 Å². The molecule has 0 radical (unpaired) electrons. The molecular weight excluding hydrogens is 282 g/mol. The van der Waals surface area contributed by atoms with Gasteiger partial charge in [-0.2, -0.15) is 0 Å². The van der Waals surface area contributed by atoms with Gasteiger partial charge >= 0.3 is 0 Å². The topological polar surface area (TPSA) is 12.0 Å². The predicted molar refractivity (Wildman–Crippen MR) is 59.6 cm³/mol. The summed E-state index contributed by atoms with van der Waals surface area (Å²) in [7, 11) is 0. The van der Waals surface area contributed by atoms with Crippen molar-refractivity contribution >= 4 is 31.9 Å². The molecule has 0 unspecified atom stereocenters. The van der Waals surface area contributed by atoms with Gasteiger partial charge in [-0.1, -0.05) is 44.0 Å². The van der Waals surface area contributed by atoms with Gasteiger partial charge in [-0.05, 0) is 17.7 Å². The minimum Gasteiger partial charge on any atom is -0.312 e. The zero-order valence-corrected chi connectivity index (χ0v) is 9.86. The highest BCUT2D eigenvalue weighted by Gasteiger charge is 1.91. The molecular formula is C9H11Br2N. The van der Waals surface area contributed by atoms with Gasteiger partial charge in [0.15, 0.2) is 0 Å². The first kappa shape index (κ1) is 10.2. The minimum atomic E-state index is 0.936. The summed E-state index contributed by atoms with van der Waals surface area (Å²) in [5.41, 5.74) is 1.31.